The van der Waals surface area contributed by atoms with Crippen LogP contribution >= 0.6 is 0 Å². The van der Waals surface area contributed by atoms with E-state index in [4.69, 9.17) is 5.11 Å². The van der Waals surface area contributed by atoms with Crippen LogP contribution in [0.5, 0.6) is 0 Å². The van der Waals surface area contributed by atoms with Gasteiger partial charge in [-0.2, -0.15) is 0 Å². The van der Waals surface area contributed by atoms with E-state index in [1.54, 1.807) is 0 Å². The van der Waals surface area contributed by atoms with E-state index in [0.717, 1.165) is 44.9 Å². The van der Waals surface area contributed by atoms with Crippen LogP contribution in [0.2, 0.25) is 0 Å². The van der Waals surface area contributed by atoms with Crippen LogP contribution in [0.15, 0.2) is 12.2 Å². The Morgan fingerprint density at radius 3 is 2.29 bits per heavy atom. The molecule has 1 unspecified atom stereocenters. The van der Waals surface area contributed by atoms with E-state index in [0.29, 0.717) is 0 Å². The van der Waals surface area contributed by atoms with Gasteiger partial charge >= 0.3 is 5.97 Å². The second-order valence-electron chi connectivity index (χ2n) is 5.90. The van der Waals surface area contributed by atoms with Crippen molar-refractivity contribution in [1.82, 2.24) is 0 Å². The molecule has 2 N–H and O–H groups in total. The van der Waals surface area contributed by atoms with E-state index in [1.165, 1.54) is 32.1 Å². The lowest BCUT2D eigenvalue weighted by Gasteiger charge is -2.05. The summed E-state index contributed by atoms with van der Waals surface area (Å²) in [6.07, 6.45) is 17.3. The van der Waals surface area contributed by atoms with Crippen LogP contribution in [0, 0.1) is 0 Å². The maximum Gasteiger partial charge on any atom is 0.303 e. The molecule has 0 aliphatic carbocycles. The Balaban J connectivity index is 3.29. The second kappa shape index (κ2) is 15.6. The van der Waals surface area contributed by atoms with Crippen LogP contribution in [-0.2, 0) is 4.79 Å². The zero-order valence-corrected chi connectivity index (χ0v) is 13.7. The highest BCUT2D eigenvalue weighted by molar-refractivity contribution is 5.66. The Kier molecular flexibility index (Phi) is 14.9. The number of aliphatic hydroxyl groups is 1. The number of carboxylic acids is 1. The Morgan fingerprint density at radius 1 is 0.952 bits per heavy atom. The van der Waals surface area contributed by atoms with Crippen molar-refractivity contribution < 1.29 is 15.0 Å². The predicted octanol–water partition coefficient (Wildman–Crippen LogP) is 5.08. The van der Waals surface area contributed by atoms with E-state index < -0.39 is 5.97 Å². The van der Waals surface area contributed by atoms with Crippen molar-refractivity contribution in [2.45, 2.75) is 96.5 Å². The third-order valence-corrected chi connectivity index (χ3v) is 3.72. The van der Waals surface area contributed by atoms with Gasteiger partial charge in [0.25, 0.3) is 0 Å². The molecule has 0 radical (unpaired) electrons. The van der Waals surface area contributed by atoms with Crippen molar-refractivity contribution >= 4 is 5.97 Å². The van der Waals surface area contributed by atoms with Gasteiger partial charge in [0.05, 0.1) is 6.10 Å². The lowest BCUT2D eigenvalue weighted by molar-refractivity contribution is -0.137. The summed E-state index contributed by atoms with van der Waals surface area (Å²) in [7, 11) is 0. The summed E-state index contributed by atoms with van der Waals surface area (Å²) in [5.41, 5.74) is 0. The molecule has 1 atom stereocenters. The number of carbonyl (C=O) groups is 1. The molecule has 3 heteroatoms. The first-order valence-electron chi connectivity index (χ1n) is 8.73. The molecule has 0 saturated carbocycles. The predicted molar refractivity (Wildman–Crippen MR) is 88.5 cm³/mol. The van der Waals surface area contributed by atoms with Crippen molar-refractivity contribution in [3.8, 4) is 0 Å². The molecular formula is C18H34O3. The quantitative estimate of drug-likeness (QED) is 0.327. The zero-order valence-electron chi connectivity index (χ0n) is 13.7. The van der Waals surface area contributed by atoms with Crippen LogP contribution < -0.4 is 0 Å². The summed E-state index contributed by atoms with van der Waals surface area (Å²) in [4.78, 5) is 10.3. The van der Waals surface area contributed by atoms with Crippen molar-refractivity contribution in [2.24, 2.45) is 0 Å². The van der Waals surface area contributed by atoms with Gasteiger partial charge in [0.2, 0.25) is 0 Å². The van der Waals surface area contributed by atoms with Crippen LogP contribution in [0.4, 0.5) is 0 Å². The first-order chi connectivity index (χ1) is 10.2. The standard InChI is InChI=1S/C18H34O3/c1-2-3-4-5-6-8-11-14-17(19)15-12-9-7-10-13-16-18(20)21/h11,14,17,19H,2-10,12-13,15-16H2,1H3,(H,20,21)/b14-11-. The molecule has 21 heavy (non-hydrogen) atoms. The monoisotopic (exact) mass is 298 g/mol. The highest BCUT2D eigenvalue weighted by atomic mass is 16.4. The Bertz CT molecular complexity index is 261. The number of allylic oxidation sites excluding steroid dienone is 1. The molecule has 0 aliphatic heterocycles. The van der Waals surface area contributed by atoms with Crippen molar-refractivity contribution in [1.29, 1.82) is 0 Å². The van der Waals surface area contributed by atoms with E-state index in [-0.39, 0.29) is 12.5 Å². The van der Waals surface area contributed by atoms with Gasteiger partial charge in [-0.3, -0.25) is 4.79 Å². The third kappa shape index (κ3) is 17.1. The molecule has 0 aromatic carbocycles. The molecule has 124 valence electrons. The van der Waals surface area contributed by atoms with Gasteiger partial charge in [-0.15, -0.1) is 0 Å². The molecule has 0 spiro atoms. The molecule has 0 aromatic rings. The van der Waals surface area contributed by atoms with Crippen molar-refractivity contribution in [3.63, 3.8) is 0 Å². The minimum Gasteiger partial charge on any atom is -0.481 e. The molecule has 0 amide bonds. The van der Waals surface area contributed by atoms with Crippen LogP contribution in [0.1, 0.15) is 90.4 Å². The number of aliphatic carboxylic acids is 1. The number of unbranched alkanes of at least 4 members (excludes halogenated alkanes) is 9. The first-order valence-corrected chi connectivity index (χ1v) is 8.73. The zero-order chi connectivity index (χ0) is 15.8. The maximum atomic E-state index is 10.3. The first kappa shape index (κ1) is 20.2. The van der Waals surface area contributed by atoms with Gasteiger partial charge in [0.15, 0.2) is 0 Å². The van der Waals surface area contributed by atoms with E-state index in [1.807, 2.05) is 6.08 Å². The molecule has 0 rings (SSSR count). The molecule has 0 bridgehead atoms. The SMILES string of the molecule is CCCCCCC/C=C\C(O)CCCCCCCC(=O)O. The summed E-state index contributed by atoms with van der Waals surface area (Å²) < 4.78 is 0. The van der Waals surface area contributed by atoms with Gasteiger partial charge in [0, 0.05) is 6.42 Å². The maximum absolute atomic E-state index is 10.3. The fourth-order valence-corrected chi connectivity index (χ4v) is 2.38. The van der Waals surface area contributed by atoms with Gasteiger partial charge in [-0.1, -0.05) is 70.4 Å². The largest absolute Gasteiger partial charge is 0.481 e. The lowest BCUT2D eigenvalue weighted by Crippen LogP contribution is -2.01. The van der Waals surface area contributed by atoms with Crippen molar-refractivity contribution in [2.75, 3.05) is 0 Å². The van der Waals surface area contributed by atoms with Gasteiger partial charge < -0.3 is 10.2 Å². The minimum atomic E-state index is -0.703. The average molecular weight is 298 g/mol. The van der Waals surface area contributed by atoms with Gasteiger partial charge in [-0.05, 0) is 25.7 Å². The lowest BCUT2D eigenvalue weighted by atomic mass is 10.1. The summed E-state index contributed by atoms with van der Waals surface area (Å²) in [5, 5.41) is 18.3. The highest BCUT2D eigenvalue weighted by Crippen LogP contribution is 2.10. The smallest absolute Gasteiger partial charge is 0.303 e. The summed E-state index contributed by atoms with van der Waals surface area (Å²) >= 11 is 0. The van der Waals surface area contributed by atoms with Gasteiger partial charge in [0.1, 0.15) is 0 Å². The average Bonchev–Trinajstić information content (AvgIpc) is 2.45. The Morgan fingerprint density at radius 2 is 1.57 bits per heavy atom. The number of hydrogen-bond donors (Lipinski definition) is 2. The van der Waals surface area contributed by atoms with E-state index >= 15 is 0 Å². The van der Waals surface area contributed by atoms with Gasteiger partial charge in [-0.25, -0.2) is 0 Å². The normalized spacial score (nSPS) is 12.9. The summed E-state index contributed by atoms with van der Waals surface area (Å²) in [5.74, 6) is -0.703. The molecule has 3 nitrogen and oxygen atoms in total. The molecule has 0 saturated heterocycles. The Labute approximate surface area is 130 Å². The van der Waals surface area contributed by atoms with Crippen molar-refractivity contribution in [3.05, 3.63) is 12.2 Å². The number of rotatable bonds is 15. The minimum absolute atomic E-state index is 0.281. The van der Waals surface area contributed by atoms with Crippen LogP contribution in [0.3, 0.4) is 0 Å². The fraction of sp³-hybridized carbons (Fsp3) is 0.833. The fourth-order valence-electron chi connectivity index (χ4n) is 2.38. The van der Waals surface area contributed by atoms with E-state index in [2.05, 4.69) is 13.0 Å². The van der Waals surface area contributed by atoms with E-state index in [9.17, 15) is 9.90 Å². The number of carboxylic acid groups (broad SMARTS) is 1. The molecule has 0 aromatic heterocycles. The number of hydrogen-bond acceptors (Lipinski definition) is 2. The number of aliphatic hydroxyl groups excluding tert-OH is 1. The molecule has 0 aliphatic rings. The molecular weight excluding hydrogens is 264 g/mol. The van der Waals surface area contributed by atoms with Crippen LogP contribution in [-0.4, -0.2) is 22.3 Å². The summed E-state index contributed by atoms with van der Waals surface area (Å²) in [6.45, 7) is 2.22. The third-order valence-electron chi connectivity index (χ3n) is 3.72. The molecule has 0 heterocycles. The van der Waals surface area contributed by atoms with Crippen LogP contribution in [0.25, 0.3) is 0 Å². The highest BCUT2D eigenvalue weighted by Gasteiger charge is 2.00. The Hall–Kier alpha value is -0.830. The second-order valence-corrected chi connectivity index (χ2v) is 5.90. The molecule has 0 fully saturated rings. The summed E-state index contributed by atoms with van der Waals surface area (Å²) in [6, 6.07) is 0. The topological polar surface area (TPSA) is 57.5 Å².